The Labute approximate surface area is 114 Å². The highest BCUT2D eigenvalue weighted by Crippen LogP contribution is 2.30. The first kappa shape index (κ1) is 12.4. The molecule has 19 heavy (non-hydrogen) atoms. The van der Waals surface area contributed by atoms with Gasteiger partial charge in [0.15, 0.2) is 0 Å². The van der Waals surface area contributed by atoms with E-state index in [4.69, 9.17) is 5.10 Å². The van der Waals surface area contributed by atoms with Crippen LogP contribution in [0.1, 0.15) is 29.4 Å². The SMILES string of the molecule is Cc1ccc(-c2c(C)nn(C3CCNC3)c2C)cc1. The Kier molecular flexibility index (Phi) is 3.15. The first-order valence-electron chi connectivity index (χ1n) is 7.00. The van der Waals surface area contributed by atoms with Crippen molar-refractivity contribution in [3.8, 4) is 11.1 Å². The summed E-state index contributed by atoms with van der Waals surface area (Å²) in [7, 11) is 0. The monoisotopic (exact) mass is 255 g/mol. The van der Waals surface area contributed by atoms with Crippen molar-refractivity contribution < 1.29 is 0 Å². The zero-order valence-electron chi connectivity index (χ0n) is 11.9. The van der Waals surface area contributed by atoms with E-state index < -0.39 is 0 Å². The highest BCUT2D eigenvalue weighted by molar-refractivity contribution is 5.68. The lowest BCUT2D eigenvalue weighted by Crippen LogP contribution is -2.15. The average molecular weight is 255 g/mol. The van der Waals surface area contributed by atoms with Crippen molar-refractivity contribution in [1.29, 1.82) is 0 Å². The maximum Gasteiger partial charge on any atom is 0.0675 e. The second kappa shape index (κ2) is 4.82. The van der Waals surface area contributed by atoms with E-state index in [0.29, 0.717) is 6.04 Å². The van der Waals surface area contributed by atoms with Crippen molar-refractivity contribution in [2.24, 2.45) is 0 Å². The molecular formula is C16H21N3. The van der Waals surface area contributed by atoms with Gasteiger partial charge < -0.3 is 5.32 Å². The van der Waals surface area contributed by atoms with Crippen molar-refractivity contribution in [3.63, 3.8) is 0 Å². The molecule has 3 heteroatoms. The number of nitrogens with zero attached hydrogens (tertiary/aromatic N) is 2. The molecule has 100 valence electrons. The molecule has 0 aliphatic carbocycles. The van der Waals surface area contributed by atoms with Crippen molar-refractivity contribution in [1.82, 2.24) is 15.1 Å². The van der Waals surface area contributed by atoms with Gasteiger partial charge in [0.05, 0.1) is 11.7 Å². The van der Waals surface area contributed by atoms with Gasteiger partial charge in [-0.2, -0.15) is 5.10 Å². The van der Waals surface area contributed by atoms with Crippen LogP contribution < -0.4 is 5.32 Å². The van der Waals surface area contributed by atoms with Gasteiger partial charge in [-0.25, -0.2) is 0 Å². The fourth-order valence-electron chi connectivity index (χ4n) is 3.00. The number of hydrogen-bond acceptors (Lipinski definition) is 2. The van der Waals surface area contributed by atoms with E-state index in [9.17, 15) is 0 Å². The predicted octanol–water partition coefficient (Wildman–Crippen LogP) is 3.01. The number of aryl methyl sites for hydroxylation is 2. The van der Waals surface area contributed by atoms with Gasteiger partial charge in [-0.05, 0) is 39.3 Å². The van der Waals surface area contributed by atoms with Gasteiger partial charge in [0, 0.05) is 17.8 Å². The molecule has 1 fully saturated rings. The fourth-order valence-corrected chi connectivity index (χ4v) is 3.00. The van der Waals surface area contributed by atoms with E-state index >= 15 is 0 Å². The largest absolute Gasteiger partial charge is 0.315 e. The first-order valence-corrected chi connectivity index (χ1v) is 7.00. The van der Waals surface area contributed by atoms with E-state index in [2.05, 4.69) is 55.0 Å². The average Bonchev–Trinajstić information content (AvgIpc) is 3.00. The molecule has 0 spiro atoms. The van der Waals surface area contributed by atoms with Crippen LogP contribution in [0.25, 0.3) is 11.1 Å². The summed E-state index contributed by atoms with van der Waals surface area (Å²) in [6.07, 6.45) is 1.18. The van der Waals surface area contributed by atoms with Crippen molar-refractivity contribution in [3.05, 3.63) is 41.2 Å². The Balaban J connectivity index is 2.04. The molecule has 1 aromatic heterocycles. The maximum absolute atomic E-state index is 4.77. The van der Waals surface area contributed by atoms with Crippen molar-refractivity contribution in [2.45, 2.75) is 33.2 Å². The lowest BCUT2D eigenvalue weighted by Gasteiger charge is -2.12. The highest BCUT2D eigenvalue weighted by Gasteiger charge is 2.22. The van der Waals surface area contributed by atoms with Crippen LogP contribution in [0.3, 0.4) is 0 Å². The summed E-state index contributed by atoms with van der Waals surface area (Å²) in [5.74, 6) is 0. The molecule has 0 radical (unpaired) electrons. The summed E-state index contributed by atoms with van der Waals surface area (Å²) in [6, 6.07) is 9.25. The van der Waals surface area contributed by atoms with E-state index in [1.165, 1.54) is 28.8 Å². The molecule has 1 atom stereocenters. The number of rotatable bonds is 2. The van der Waals surface area contributed by atoms with Crippen molar-refractivity contribution >= 4 is 0 Å². The van der Waals surface area contributed by atoms with E-state index in [1.807, 2.05) is 0 Å². The van der Waals surface area contributed by atoms with Crippen LogP contribution in [-0.4, -0.2) is 22.9 Å². The topological polar surface area (TPSA) is 29.9 Å². The second-order valence-corrected chi connectivity index (χ2v) is 5.50. The van der Waals surface area contributed by atoms with E-state index in [-0.39, 0.29) is 0 Å². The third-order valence-corrected chi connectivity index (χ3v) is 4.05. The Hall–Kier alpha value is -1.61. The summed E-state index contributed by atoms with van der Waals surface area (Å²) in [4.78, 5) is 0. The minimum atomic E-state index is 0.512. The molecule has 2 heterocycles. The summed E-state index contributed by atoms with van der Waals surface area (Å²) in [5, 5.41) is 8.18. The minimum Gasteiger partial charge on any atom is -0.315 e. The van der Waals surface area contributed by atoms with Crippen LogP contribution in [0.5, 0.6) is 0 Å². The van der Waals surface area contributed by atoms with E-state index in [0.717, 1.165) is 18.8 Å². The standard InChI is InChI=1S/C16H21N3/c1-11-4-6-14(7-5-11)16-12(2)18-19(13(16)3)15-8-9-17-10-15/h4-7,15,17H,8-10H2,1-3H3. The molecule has 1 aromatic carbocycles. The Morgan fingerprint density at radius 3 is 2.53 bits per heavy atom. The highest BCUT2D eigenvalue weighted by atomic mass is 15.3. The van der Waals surface area contributed by atoms with Crippen LogP contribution in [0.4, 0.5) is 0 Å². The van der Waals surface area contributed by atoms with Gasteiger partial charge in [-0.3, -0.25) is 4.68 Å². The second-order valence-electron chi connectivity index (χ2n) is 5.50. The molecular weight excluding hydrogens is 234 g/mol. The fraction of sp³-hybridized carbons (Fsp3) is 0.438. The van der Waals surface area contributed by atoms with Crippen molar-refractivity contribution in [2.75, 3.05) is 13.1 Å². The minimum absolute atomic E-state index is 0.512. The first-order chi connectivity index (χ1) is 9.16. The van der Waals surface area contributed by atoms with Gasteiger partial charge in [0.2, 0.25) is 0 Å². The lowest BCUT2D eigenvalue weighted by molar-refractivity contribution is 0.477. The van der Waals surface area contributed by atoms with Crippen LogP contribution in [0, 0.1) is 20.8 Å². The Morgan fingerprint density at radius 2 is 1.89 bits per heavy atom. The van der Waals surface area contributed by atoms with Crippen LogP contribution >= 0.6 is 0 Å². The normalized spacial score (nSPS) is 19.0. The lowest BCUT2D eigenvalue weighted by atomic mass is 10.0. The van der Waals surface area contributed by atoms with Crippen LogP contribution in [0.15, 0.2) is 24.3 Å². The Morgan fingerprint density at radius 1 is 1.16 bits per heavy atom. The quantitative estimate of drug-likeness (QED) is 0.894. The zero-order valence-corrected chi connectivity index (χ0v) is 11.9. The summed E-state index contributed by atoms with van der Waals surface area (Å²) in [6.45, 7) is 8.56. The molecule has 1 unspecified atom stereocenters. The summed E-state index contributed by atoms with van der Waals surface area (Å²) in [5.41, 5.74) is 6.29. The number of aromatic nitrogens is 2. The maximum atomic E-state index is 4.77. The number of benzene rings is 1. The summed E-state index contributed by atoms with van der Waals surface area (Å²) >= 11 is 0. The smallest absolute Gasteiger partial charge is 0.0675 e. The van der Waals surface area contributed by atoms with Gasteiger partial charge in [0.25, 0.3) is 0 Å². The Bertz CT molecular complexity index is 575. The molecule has 0 saturated carbocycles. The molecule has 2 aromatic rings. The zero-order chi connectivity index (χ0) is 13.4. The molecule has 3 nitrogen and oxygen atoms in total. The molecule has 1 aliphatic heterocycles. The number of nitrogens with one attached hydrogen (secondary N) is 1. The third kappa shape index (κ3) is 2.19. The molecule has 0 bridgehead atoms. The van der Waals surface area contributed by atoms with Gasteiger partial charge in [0.1, 0.15) is 0 Å². The molecule has 1 saturated heterocycles. The predicted molar refractivity (Wildman–Crippen MR) is 78.4 cm³/mol. The molecule has 1 aliphatic rings. The number of hydrogen-bond donors (Lipinski definition) is 1. The van der Waals surface area contributed by atoms with Gasteiger partial charge >= 0.3 is 0 Å². The molecule has 0 amide bonds. The van der Waals surface area contributed by atoms with Gasteiger partial charge in [-0.15, -0.1) is 0 Å². The summed E-state index contributed by atoms with van der Waals surface area (Å²) < 4.78 is 2.21. The van der Waals surface area contributed by atoms with Crippen LogP contribution in [-0.2, 0) is 0 Å². The molecule has 3 rings (SSSR count). The molecule has 1 N–H and O–H groups in total. The van der Waals surface area contributed by atoms with Crippen LogP contribution in [0.2, 0.25) is 0 Å². The third-order valence-electron chi connectivity index (χ3n) is 4.05. The van der Waals surface area contributed by atoms with Gasteiger partial charge in [-0.1, -0.05) is 29.8 Å². The van der Waals surface area contributed by atoms with E-state index in [1.54, 1.807) is 0 Å².